The summed E-state index contributed by atoms with van der Waals surface area (Å²) in [4.78, 5) is 11.9. The summed E-state index contributed by atoms with van der Waals surface area (Å²) in [6, 6.07) is 16.0. The Balaban J connectivity index is 1.91. The summed E-state index contributed by atoms with van der Waals surface area (Å²) in [5.74, 6) is 0.0390. The molecule has 1 heterocycles. The maximum atomic E-state index is 11.8. The first-order valence-electron chi connectivity index (χ1n) is 8.93. The zero-order chi connectivity index (χ0) is 21.5. The number of carboxylic acid groups (broad SMARTS) is 1. The maximum absolute atomic E-state index is 11.8. The van der Waals surface area contributed by atoms with Crippen LogP contribution in [0.15, 0.2) is 58.6 Å². The molecular weight excluding hydrogens is 424 g/mol. The standard InChI is InChI=1S/C21H17ClN4O3S/c1-2-26-19(15-6-8-16(22)9-7-15)24-25-21(26)30-18(20(27)28)13-14-4-3-5-17(12-14)29-11-10-23/h3-9,12-13H,2,11H2,1H3,(H,27,28)/b18-13-. The number of ether oxygens (including phenoxy) is 1. The Morgan fingerprint density at radius 2 is 2.07 bits per heavy atom. The number of nitriles is 1. The van der Waals surface area contributed by atoms with E-state index in [1.54, 1.807) is 36.4 Å². The van der Waals surface area contributed by atoms with E-state index in [0.29, 0.717) is 33.9 Å². The number of aromatic nitrogens is 3. The van der Waals surface area contributed by atoms with Gasteiger partial charge in [0.2, 0.25) is 0 Å². The highest BCUT2D eigenvalue weighted by molar-refractivity contribution is 8.04. The Bertz CT molecular complexity index is 1120. The second-order valence-electron chi connectivity index (χ2n) is 5.99. The number of hydrogen-bond donors (Lipinski definition) is 1. The normalized spacial score (nSPS) is 11.2. The molecule has 30 heavy (non-hydrogen) atoms. The van der Waals surface area contributed by atoms with Crippen LogP contribution in [-0.2, 0) is 11.3 Å². The van der Waals surface area contributed by atoms with Gasteiger partial charge in [0.15, 0.2) is 17.6 Å². The number of thioether (sulfide) groups is 1. The second kappa shape index (κ2) is 9.96. The second-order valence-corrected chi connectivity index (χ2v) is 7.44. The molecule has 1 aromatic heterocycles. The van der Waals surface area contributed by atoms with Crippen LogP contribution in [0.5, 0.6) is 5.75 Å². The third-order valence-corrected chi connectivity index (χ3v) is 5.26. The summed E-state index contributed by atoms with van der Waals surface area (Å²) in [5, 5.41) is 27.8. The Morgan fingerprint density at radius 1 is 1.30 bits per heavy atom. The van der Waals surface area contributed by atoms with Gasteiger partial charge in [-0.3, -0.25) is 0 Å². The van der Waals surface area contributed by atoms with E-state index in [4.69, 9.17) is 21.6 Å². The molecule has 0 saturated carbocycles. The van der Waals surface area contributed by atoms with Crippen LogP contribution >= 0.6 is 23.4 Å². The van der Waals surface area contributed by atoms with Crippen LogP contribution < -0.4 is 4.74 Å². The van der Waals surface area contributed by atoms with Gasteiger partial charge in [0, 0.05) is 17.1 Å². The highest BCUT2D eigenvalue weighted by Crippen LogP contribution is 2.31. The van der Waals surface area contributed by atoms with Crippen molar-refractivity contribution in [2.24, 2.45) is 0 Å². The summed E-state index contributed by atoms with van der Waals surface area (Å²) in [6.07, 6.45) is 1.53. The van der Waals surface area contributed by atoms with E-state index in [1.165, 1.54) is 6.08 Å². The minimum atomic E-state index is -1.08. The van der Waals surface area contributed by atoms with Crippen LogP contribution in [0, 0.1) is 11.3 Å². The van der Waals surface area contributed by atoms with Crippen molar-refractivity contribution in [1.82, 2.24) is 14.8 Å². The molecule has 3 aromatic rings. The number of hydrogen-bond acceptors (Lipinski definition) is 6. The van der Waals surface area contributed by atoms with Crippen LogP contribution in [0.3, 0.4) is 0 Å². The third-order valence-electron chi connectivity index (χ3n) is 4.01. The van der Waals surface area contributed by atoms with E-state index in [9.17, 15) is 9.90 Å². The molecule has 7 nitrogen and oxygen atoms in total. The predicted octanol–water partition coefficient (Wildman–Crippen LogP) is 4.74. The van der Waals surface area contributed by atoms with Gasteiger partial charge in [-0.1, -0.05) is 23.7 Å². The fourth-order valence-electron chi connectivity index (χ4n) is 2.66. The minimum Gasteiger partial charge on any atom is -0.479 e. The van der Waals surface area contributed by atoms with Gasteiger partial charge in [-0.25, -0.2) is 4.79 Å². The maximum Gasteiger partial charge on any atom is 0.342 e. The van der Waals surface area contributed by atoms with Gasteiger partial charge in [-0.2, -0.15) is 5.26 Å². The average Bonchev–Trinajstić information content (AvgIpc) is 3.15. The first-order valence-corrected chi connectivity index (χ1v) is 10.1. The van der Waals surface area contributed by atoms with Gasteiger partial charge in [0.25, 0.3) is 0 Å². The van der Waals surface area contributed by atoms with Gasteiger partial charge in [-0.15, -0.1) is 10.2 Å². The van der Waals surface area contributed by atoms with Crippen LogP contribution in [0.4, 0.5) is 0 Å². The molecule has 0 aliphatic rings. The molecule has 0 unspecified atom stereocenters. The number of rotatable bonds is 8. The Labute approximate surface area is 182 Å². The topological polar surface area (TPSA) is 101 Å². The number of nitrogens with zero attached hydrogens (tertiary/aromatic N) is 4. The molecule has 9 heteroatoms. The number of carbonyl (C=O) groups is 1. The number of aliphatic carboxylic acids is 1. The number of carboxylic acids is 1. The van der Waals surface area contributed by atoms with Crippen molar-refractivity contribution in [1.29, 1.82) is 5.26 Å². The SMILES string of the molecule is CCn1c(S/C(=C\c2cccc(OCC#N)c2)C(=O)O)nnc1-c1ccc(Cl)cc1. The molecule has 0 amide bonds. The summed E-state index contributed by atoms with van der Waals surface area (Å²) >= 11 is 6.97. The van der Waals surface area contributed by atoms with Gasteiger partial charge >= 0.3 is 5.97 Å². The van der Waals surface area contributed by atoms with Crippen molar-refractivity contribution >= 4 is 35.4 Å². The first-order chi connectivity index (χ1) is 14.5. The fourth-order valence-corrected chi connectivity index (χ4v) is 3.67. The molecule has 2 aromatic carbocycles. The Kier molecular flexibility index (Phi) is 7.12. The van der Waals surface area contributed by atoms with E-state index in [0.717, 1.165) is 17.3 Å². The molecule has 0 fully saturated rings. The van der Waals surface area contributed by atoms with Crippen molar-refractivity contribution < 1.29 is 14.6 Å². The molecule has 152 valence electrons. The summed E-state index contributed by atoms with van der Waals surface area (Å²) in [7, 11) is 0. The molecule has 0 atom stereocenters. The van der Waals surface area contributed by atoms with Gasteiger partial charge < -0.3 is 14.4 Å². The van der Waals surface area contributed by atoms with Crippen LogP contribution in [0.2, 0.25) is 5.02 Å². The first kappa shape index (κ1) is 21.4. The highest BCUT2D eigenvalue weighted by Gasteiger charge is 2.18. The van der Waals surface area contributed by atoms with E-state index in [2.05, 4.69) is 10.2 Å². The van der Waals surface area contributed by atoms with Gasteiger partial charge in [-0.05, 0) is 66.7 Å². The smallest absolute Gasteiger partial charge is 0.342 e. The van der Waals surface area contributed by atoms with E-state index in [-0.39, 0.29) is 11.5 Å². The van der Waals surface area contributed by atoms with Gasteiger partial charge in [0.1, 0.15) is 16.7 Å². The molecule has 0 spiro atoms. The number of benzene rings is 2. The Hall–Kier alpha value is -3.28. The average molecular weight is 441 g/mol. The molecule has 0 aliphatic heterocycles. The lowest BCUT2D eigenvalue weighted by Crippen LogP contribution is -2.02. The molecule has 0 radical (unpaired) electrons. The molecule has 3 rings (SSSR count). The van der Waals surface area contributed by atoms with Crippen LogP contribution in [0.1, 0.15) is 12.5 Å². The lowest BCUT2D eigenvalue weighted by Gasteiger charge is -2.08. The largest absolute Gasteiger partial charge is 0.479 e. The molecule has 0 saturated heterocycles. The van der Waals surface area contributed by atoms with E-state index < -0.39 is 5.97 Å². The van der Waals surface area contributed by atoms with Crippen molar-refractivity contribution in [2.45, 2.75) is 18.6 Å². The zero-order valence-electron chi connectivity index (χ0n) is 15.9. The lowest BCUT2D eigenvalue weighted by atomic mass is 10.2. The van der Waals surface area contributed by atoms with Crippen molar-refractivity contribution in [2.75, 3.05) is 6.61 Å². The van der Waals surface area contributed by atoms with Gasteiger partial charge in [0.05, 0.1) is 0 Å². The van der Waals surface area contributed by atoms with Crippen molar-refractivity contribution in [3.8, 4) is 23.2 Å². The molecule has 0 aliphatic carbocycles. The predicted molar refractivity (Wildman–Crippen MR) is 115 cm³/mol. The Morgan fingerprint density at radius 3 is 2.73 bits per heavy atom. The van der Waals surface area contributed by atoms with E-state index >= 15 is 0 Å². The zero-order valence-corrected chi connectivity index (χ0v) is 17.5. The van der Waals surface area contributed by atoms with Crippen LogP contribution in [-0.4, -0.2) is 32.4 Å². The summed E-state index contributed by atoms with van der Waals surface area (Å²) in [5.41, 5.74) is 1.47. The fraction of sp³-hybridized carbons (Fsp3) is 0.143. The lowest BCUT2D eigenvalue weighted by molar-refractivity contribution is -0.131. The molecular formula is C21H17ClN4O3S. The van der Waals surface area contributed by atoms with E-state index in [1.807, 2.05) is 29.7 Å². The minimum absolute atomic E-state index is 0.0807. The van der Waals surface area contributed by atoms with Crippen molar-refractivity contribution in [3.05, 3.63) is 64.0 Å². The summed E-state index contributed by atoms with van der Waals surface area (Å²) < 4.78 is 7.12. The number of halogens is 1. The molecule has 0 bridgehead atoms. The quantitative estimate of drug-likeness (QED) is 0.398. The monoisotopic (exact) mass is 440 g/mol. The highest BCUT2D eigenvalue weighted by atomic mass is 35.5. The summed E-state index contributed by atoms with van der Waals surface area (Å²) in [6.45, 7) is 2.42. The van der Waals surface area contributed by atoms with Crippen molar-refractivity contribution in [3.63, 3.8) is 0 Å². The molecule has 1 N–H and O–H groups in total. The third kappa shape index (κ3) is 5.20. The van der Waals surface area contributed by atoms with Crippen LogP contribution in [0.25, 0.3) is 17.5 Å².